The standard InChI is InChI=1S/C18H14ClNO3S2/c19-13-5-3-12(4-6-13)15-7-8-16(25-15)18(22)23-11-17(21)20-10-14-2-1-9-24-14/h1-9H,10-11H2,(H,20,21). The summed E-state index contributed by atoms with van der Waals surface area (Å²) in [5.74, 6) is -0.826. The van der Waals surface area contributed by atoms with E-state index >= 15 is 0 Å². The molecule has 0 bridgehead atoms. The Morgan fingerprint density at radius 3 is 2.60 bits per heavy atom. The van der Waals surface area contributed by atoms with Crippen LogP contribution in [0.25, 0.3) is 10.4 Å². The predicted molar refractivity (Wildman–Crippen MR) is 101 cm³/mol. The summed E-state index contributed by atoms with van der Waals surface area (Å²) in [6.45, 7) is 0.145. The van der Waals surface area contributed by atoms with Gasteiger partial charge in [0, 0.05) is 14.8 Å². The number of rotatable bonds is 6. The summed E-state index contributed by atoms with van der Waals surface area (Å²) in [5, 5.41) is 5.32. The predicted octanol–water partition coefficient (Wildman–Crippen LogP) is 4.60. The van der Waals surface area contributed by atoms with E-state index in [1.165, 1.54) is 11.3 Å². The maximum atomic E-state index is 12.1. The average Bonchev–Trinajstić information content (AvgIpc) is 3.30. The van der Waals surface area contributed by atoms with Gasteiger partial charge < -0.3 is 10.1 Å². The van der Waals surface area contributed by atoms with Gasteiger partial charge in [-0.2, -0.15) is 0 Å². The van der Waals surface area contributed by atoms with E-state index in [0.29, 0.717) is 16.4 Å². The van der Waals surface area contributed by atoms with E-state index in [1.807, 2.05) is 35.7 Å². The Bertz CT molecular complexity index is 857. The molecule has 4 nitrogen and oxygen atoms in total. The molecule has 0 saturated heterocycles. The fourth-order valence-corrected chi connectivity index (χ4v) is 3.74. The van der Waals surface area contributed by atoms with Gasteiger partial charge in [-0.25, -0.2) is 4.79 Å². The number of carbonyl (C=O) groups excluding carboxylic acids is 2. The molecule has 0 fully saturated rings. The molecule has 0 unspecified atom stereocenters. The molecular formula is C18H14ClNO3S2. The van der Waals surface area contributed by atoms with Crippen LogP contribution in [0, 0.1) is 0 Å². The number of benzene rings is 1. The highest BCUT2D eigenvalue weighted by Gasteiger charge is 2.13. The normalized spacial score (nSPS) is 10.4. The summed E-state index contributed by atoms with van der Waals surface area (Å²) < 4.78 is 5.07. The van der Waals surface area contributed by atoms with Crippen molar-refractivity contribution in [3.63, 3.8) is 0 Å². The number of nitrogens with one attached hydrogen (secondary N) is 1. The van der Waals surface area contributed by atoms with Crippen molar-refractivity contribution in [2.75, 3.05) is 6.61 Å². The minimum absolute atomic E-state index is 0.293. The highest BCUT2D eigenvalue weighted by Crippen LogP contribution is 2.29. The Labute approximate surface area is 158 Å². The molecule has 2 aromatic heterocycles. The third kappa shape index (κ3) is 4.92. The van der Waals surface area contributed by atoms with Crippen LogP contribution < -0.4 is 5.32 Å². The maximum Gasteiger partial charge on any atom is 0.348 e. The van der Waals surface area contributed by atoms with E-state index < -0.39 is 5.97 Å². The number of ether oxygens (including phenoxy) is 1. The van der Waals surface area contributed by atoms with Gasteiger partial charge in [-0.3, -0.25) is 4.79 Å². The van der Waals surface area contributed by atoms with E-state index in [9.17, 15) is 9.59 Å². The van der Waals surface area contributed by atoms with Crippen molar-refractivity contribution in [2.45, 2.75) is 6.54 Å². The summed E-state index contributed by atoms with van der Waals surface area (Å²) >= 11 is 8.75. The van der Waals surface area contributed by atoms with Crippen LogP contribution in [0.15, 0.2) is 53.9 Å². The molecule has 0 aliphatic heterocycles. The maximum absolute atomic E-state index is 12.1. The Morgan fingerprint density at radius 1 is 1.08 bits per heavy atom. The highest BCUT2D eigenvalue weighted by molar-refractivity contribution is 7.17. The summed E-state index contributed by atoms with van der Waals surface area (Å²) in [7, 11) is 0. The largest absolute Gasteiger partial charge is 0.451 e. The first-order valence-electron chi connectivity index (χ1n) is 7.44. The molecule has 0 aliphatic rings. The van der Waals surface area contributed by atoms with Crippen molar-refractivity contribution in [1.29, 1.82) is 0 Å². The van der Waals surface area contributed by atoms with Gasteiger partial charge in [-0.05, 0) is 41.3 Å². The van der Waals surface area contributed by atoms with Gasteiger partial charge in [0.15, 0.2) is 6.61 Å². The van der Waals surface area contributed by atoms with Gasteiger partial charge in [-0.15, -0.1) is 22.7 Å². The molecule has 128 valence electrons. The van der Waals surface area contributed by atoms with Crippen molar-refractivity contribution >= 4 is 46.2 Å². The fourth-order valence-electron chi connectivity index (χ4n) is 2.07. The second-order valence-electron chi connectivity index (χ2n) is 5.10. The zero-order valence-corrected chi connectivity index (χ0v) is 15.4. The van der Waals surface area contributed by atoms with Crippen LogP contribution in [0.4, 0.5) is 0 Å². The monoisotopic (exact) mass is 391 g/mol. The summed E-state index contributed by atoms with van der Waals surface area (Å²) in [6, 6.07) is 14.8. The molecular weight excluding hydrogens is 378 g/mol. The molecule has 1 N–H and O–H groups in total. The summed E-state index contributed by atoms with van der Waals surface area (Å²) in [5.41, 5.74) is 0.974. The molecule has 0 atom stereocenters. The van der Waals surface area contributed by atoms with Crippen LogP contribution in [0.1, 0.15) is 14.5 Å². The van der Waals surface area contributed by atoms with Crippen molar-refractivity contribution in [3.05, 3.63) is 68.7 Å². The Hall–Kier alpha value is -2.15. The number of esters is 1. The number of thiophene rings is 2. The molecule has 25 heavy (non-hydrogen) atoms. The van der Waals surface area contributed by atoms with E-state index in [2.05, 4.69) is 5.32 Å². The molecule has 0 spiro atoms. The van der Waals surface area contributed by atoms with Crippen molar-refractivity contribution in [1.82, 2.24) is 5.32 Å². The van der Waals surface area contributed by atoms with E-state index in [1.54, 1.807) is 29.5 Å². The first kappa shape index (κ1) is 17.7. The van der Waals surface area contributed by atoms with Crippen LogP contribution in [-0.4, -0.2) is 18.5 Å². The summed E-state index contributed by atoms with van der Waals surface area (Å²) in [4.78, 5) is 26.2. The molecule has 3 rings (SSSR count). The minimum Gasteiger partial charge on any atom is -0.451 e. The van der Waals surface area contributed by atoms with Crippen molar-refractivity contribution in [2.24, 2.45) is 0 Å². The van der Waals surface area contributed by atoms with Gasteiger partial charge in [0.05, 0.1) is 6.54 Å². The van der Waals surface area contributed by atoms with Crippen LogP contribution in [-0.2, 0) is 16.1 Å². The van der Waals surface area contributed by atoms with Gasteiger partial charge in [0.1, 0.15) is 4.88 Å². The number of amides is 1. The zero-order chi connectivity index (χ0) is 17.6. The lowest BCUT2D eigenvalue weighted by Gasteiger charge is -2.04. The molecule has 3 aromatic rings. The number of halogens is 1. The zero-order valence-electron chi connectivity index (χ0n) is 13.0. The first-order valence-corrected chi connectivity index (χ1v) is 9.51. The fraction of sp³-hybridized carbons (Fsp3) is 0.111. The average molecular weight is 392 g/mol. The first-order chi connectivity index (χ1) is 12.1. The van der Waals surface area contributed by atoms with Crippen LogP contribution in [0.3, 0.4) is 0 Å². The Balaban J connectivity index is 1.51. The van der Waals surface area contributed by atoms with Crippen LogP contribution >= 0.6 is 34.3 Å². The van der Waals surface area contributed by atoms with Gasteiger partial charge >= 0.3 is 5.97 Å². The van der Waals surface area contributed by atoms with E-state index in [-0.39, 0.29) is 12.5 Å². The van der Waals surface area contributed by atoms with Gasteiger partial charge in [0.2, 0.25) is 0 Å². The van der Waals surface area contributed by atoms with Crippen LogP contribution in [0.2, 0.25) is 5.02 Å². The Morgan fingerprint density at radius 2 is 1.88 bits per heavy atom. The summed E-state index contributed by atoms with van der Waals surface area (Å²) in [6.07, 6.45) is 0. The quantitative estimate of drug-likeness (QED) is 0.624. The molecule has 0 radical (unpaired) electrons. The van der Waals surface area contributed by atoms with Gasteiger partial charge in [-0.1, -0.05) is 29.8 Å². The molecule has 1 aromatic carbocycles. The number of hydrogen-bond donors (Lipinski definition) is 1. The SMILES string of the molecule is O=C(COC(=O)c1ccc(-c2ccc(Cl)cc2)s1)NCc1cccs1. The topological polar surface area (TPSA) is 55.4 Å². The van der Waals surface area contributed by atoms with Crippen molar-refractivity contribution in [3.8, 4) is 10.4 Å². The third-order valence-corrected chi connectivity index (χ3v) is 5.55. The molecule has 0 aliphatic carbocycles. The minimum atomic E-state index is -0.503. The molecule has 7 heteroatoms. The van der Waals surface area contributed by atoms with Gasteiger partial charge in [0.25, 0.3) is 5.91 Å². The molecule has 1 amide bonds. The van der Waals surface area contributed by atoms with Crippen LogP contribution in [0.5, 0.6) is 0 Å². The van der Waals surface area contributed by atoms with E-state index in [0.717, 1.165) is 15.3 Å². The number of carbonyl (C=O) groups is 2. The lowest BCUT2D eigenvalue weighted by molar-refractivity contribution is -0.124. The smallest absolute Gasteiger partial charge is 0.348 e. The second-order valence-corrected chi connectivity index (χ2v) is 7.66. The lowest BCUT2D eigenvalue weighted by Crippen LogP contribution is -2.27. The number of hydrogen-bond acceptors (Lipinski definition) is 5. The second kappa shape index (κ2) is 8.29. The highest BCUT2D eigenvalue weighted by atomic mass is 35.5. The molecule has 2 heterocycles. The molecule has 0 saturated carbocycles. The Kier molecular flexibility index (Phi) is 5.86. The van der Waals surface area contributed by atoms with E-state index in [4.69, 9.17) is 16.3 Å². The lowest BCUT2D eigenvalue weighted by atomic mass is 10.2. The van der Waals surface area contributed by atoms with Crippen molar-refractivity contribution < 1.29 is 14.3 Å². The third-order valence-electron chi connectivity index (χ3n) is 3.31.